The van der Waals surface area contributed by atoms with Crippen LogP contribution in [0.3, 0.4) is 0 Å². The zero-order chi connectivity index (χ0) is 13.3. The average molecular weight is 262 g/mol. The number of aryl methyl sites for hydroxylation is 2. The number of hydrogen-bond acceptors (Lipinski definition) is 2. The van der Waals surface area contributed by atoms with Crippen LogP contribution in [0.2, 0.25) is 0 Å². The molecule has 0 fully saturated rings. The van der Waals surface area contributed by atoms with Crippen molar-refractivity contribution in [2.24, 2.45) is 0 Å². The zero-order valence-corrected chi connectivity index (χ0v) is 11.0. The van der Waals surface area contributed by atoms with Crippen LogP contribution >= 0.6 is 0 Å². The first-order chi connectivity index (χ1) is 8.38. The van der Waals surface area contributed by atoms with Crippen molar-refractivity contribution >= 4 is 10.1 Å². The van der Waals surface area contributed by atoms with E-state index in [1.807, 2.05) is 26.0 Å². The Hall–Kier alpha value is -1.65. The van der Waals surface area contributed by atoms with Gasteiger partial charge in [0.25, 0.3) is 10.1 Å². The van der Waals surface area contributed by atoms with Gasteiger partial charge in [0.05, 0.1) is 4.90 Å². The van der Waals surface area contributed by atoms with E-state index in [4.69, 9.17) is 4.55 Å². The van der Waals surface area contributed by atoms with Crippen LogP contribution in [-0.2, 0) is 10.1 Å². The molecule has 0 saturated heterocycles. The fourth-order valence-electron chi connectivity index (χ4n) is 1.74. The molecule has 3 nitrogen and oxygen atoms in total. The minimum absolute atomic E-state index is 0.0879. The number of rotatable bonds is 2. The van der Waals surface area contributed by atoms with Crippen LogP contribution < -0.4 is 0 Å². The van der Waals surface area contributed by atoms with Gasteiger partial charge in [-0.05, 0) is 48.2 Å². The minimum atomic E-state index is -4.12. The molecule has 0 aliphatic carbocycles. The highest BCUT2D eigenvalue weighted by Gasteiger charge is 2.09. The third-order valence-electron chi connectivity index (χ3n) is 2.99. The van der Waals surface area contributed by atoms with Gasteiger partial charge in [0.1, 0.15) is 0 Å². The van der Waals surface area contributed by atoms with Crippen molar-refractivity contribution in [3.63, 3.8) is 0 Å². The van der Waals surface area contributed by atoms with Gasteiger partial charge in [0, 0.05) is 0 Å². The van der Waals surface area contributed by atoms with Gasteiger partial charge < -0.3 is 0 Å². The second-order valence-electron chi connectivity index (χ2n) is 4.30. The first kappa shape index (κ1) is 12.8. The molecule has 0 saturated carbocycles. The van der Waals surface area contributed by atoms with E-state index in [1.165, 1.54) is 23.3 Å². The first-order valence-corrected chi connectivity index (χ1v) is 6.97. The zero-order valence-electron chi connectivity index (χ0n) is 10.2. The van der Waals surface area contributed by atoms with Crippen molar-refractivity contribution in [3.8, 4) is 11.1 Å². The molecule has 0 aliphatic rings. The topological polar surface area (TPSA) is 54.4 Å². The van der Waals surface area contributed by atoms with E-state index in [1.54, 1.807) is 12.1 Å². The summed E-state index contributed by atoms with van der Waals surface area (Å²) in [4.78, 5) is -0.0879. The quantitative estimate of drug-likeness (QED) is 0.845. The normalized spacial score (nSPS) is 11.5. The van der Waals surface area contributed by atoms with Gasteiger partial charge in [-0.3, -0.25) is 4.55 Å². The van der Waals surface area contributed by atoms with Crippen LogP contribution in [-0.4, -0.2) is 13.0 Å². The number of benzene rings is 2. The molecule has 4 heteroatoms. The standard InChI is InChI=1S/C14H14O3S/c1-10-3-4-13(9-11(10)2)12-5-7-14(8-6-12)18(15,16)17/h3-9H,1-2H3,(H,15,16,17). The van der Waals surface area contributed by atoms with Gasteiger partial charge in [0.15, 0.2) is 0 Å². The molecule has 0 atom stereocenters. The van der Waals surface area contributed by atoms with E-state index in [2.05, 4.69) is 6.07 Å². The molecule has 0 unspecified atom stereocenters. The molecule has 0 radical (unpaired) electrons. The number of hydrogen-bond donors (Lipinski definition) is 1. The summed E-state index contributed by atoms with van der Waals surface area (Å²) < 4.78 is 30.8. The Morgan fingerprint density at radius 2 is 1.39 bits per heavy atom. The van der Waals surface area contributed by atoms with Gasteiger partial charge >= 0.3 is 0 Å². The van der Waals surface area contributed by atoms with Crippen molar-refractivity contribution in [3.05, 3.63) is 53.6 Å². The molecule has 0 amide bonds. The van der Waals surface area contributed by atoms with Crippen molar-refractivity contribution in [1.29, 1.82) is 0 Å². The predicted octanol–water partition coefficient (Wildman–Crippen LogP) is 3.22. The van der Waals surface area contributed by atoms with Gasteiger partial charge in [-0.2, -0.15) is 8.42 Å². The second-order valence-corrected chi connectivity index (χ2v) is 5.72. The predicted molar refractivity (Wildman–Crippen MR) is 71.2 cm³/mol. The van der Waals surface area contributed by atoms with E-state index >= 15 is 0 Å². The molecule has 0 aromatic heterocycles. The molecule has 2 aromatic rings. The molecule has 94 valence electrons. The smallest absolute Gasteiger partial charge is 0.282 e. The molecule has 0 heterocycles. The van der Waals surface area contributed by atoms with Crippen LogP contribution in [0, 0.1) is 13.8 Å². The molecule has 18 heavy (non-hydrogen) atoms. The van der Waals surface area contributed by atoms with Crippen molar-refractivity contribution in [2.45, 2.75) is 18.7 Å². The van der Waals surface area contributed by atoms with Crippen LogP contribution in [0.5, 0.6) is 0 Å². The lowest BCUT2D eigenvalue weighted by Gasteiger charge is -2.06. The minimum Gasteiger partial charge on any atom is -0.282 e. The maximum absolute atomic E-state index is 10.9. The monoisotopic (exact) mass is 262 g/mol. The molecule has 0 spiro atoms. The highest BCUT2D eigenvalue weighted by Crippen LogP contribution is 2.23. The SMILES string of the molecule is Cc1ccc(-c2ccc(S(=O)(=O)O)cc2)cc1C. The molecule has 0 aliphatic heterocycles. The Labute approximate surface area is 107 Å². The van der Waals surface area contributed by atoms with E-state index in [0.717, 1.165) is 11.1 Å². The highest BCUT2D eigenvalue weighted by molar-refractivity contribution is 7.85. The molecular weight excluding hydrogens is 248 g/mol. The molecule has 0 bridgehead atoms. The van der Waals surface area contributed by atoms with Crippen LogP contribution in [0.25, 0.3) is 11.1 Å². The lowest BCUT2D eigenvalue weighted by molar-refractivity contribution is 0.483. The fourth-order valence-corrected chi connectivity index (χ4v) is 2.22. The lowest BCUT2D eigenvalue weighted by Crippen LogP contribution is -1.97. The molecule has 1 N–H and O–H groups in total. The van der Waals surface area contributed by atoms with Crippen LogP contribution in [0.15, 0.2) is 47.4 Å². The summed E-state index contributed by atoms with van der Waals surface area (Å²) in [5.74, 6) is 0. The Morgan fingerprint density at radius 3 is 1.89 bits per heavy atom. The summed E-state index contributed by atoms with van der Waals surface area (Å²) in [5, 5.41) is 0. The van der Waals surface area contributed by atoms with Crippen molar-refractivity contribution in [2.75, 3.05) is 0 Å². The van der Waals surface area contributed by atoms with Gasteiger partial charge in [-0.15, -0.1) is 0 Å². The summed E-state index contributed by atoms with van der Waals surface area (Å²) in [6, 6.07) is 12.3. The van der Waals surface area contributed by atoms with Crippen LogP contribution in [0.1, 0.15) is 11.1 Å². The third-order valence-corrected chi connectivity index (χ3v) is 3.86. The Morgan fingerprint density at radius 1 is 0.833 bits per heavy atom. The summed E-state index contributed by atoms with van der Waals surface area (Å²) in [5.41, 5.74) is 4.35. The largest absolute Gasteiger partial charge is 0.294 e. The summed E-state index contributed by atoms with van der Waals surface area (Å²) >= 11 is 0. The maximum Gasteiger partial charge on any atom is 0.294 e. The summed E-state index contributed by atoms with van der Waals surface area (Å²) in [6.45, 7) is 4.08. The molecule has 2 rings (SSSR count). The lowest BCUT2D eigenvalue weighted by atomic mass is 10.0. The maximum atomic E-state index is 10.9. The third kappa shape index (κ3) is 2.60. The molecule has 2 aromatic carbocycles. The van der Waals surface area contributed by atoms with Gasteiger partial charge in [-0.25, -0.2) is 0 Å². The summed E-state index contributed by atoms with van der Waals surface area (Å²) in [6.07, 6.45) is 0. The van der Waals surface area contributed by atoms with E-state index < -0.39 is 10.1 Å². The second kappa shape index (κ2) is 4.55. The van der Waals surface area contributed by atoms with E-state index in [0.29, 0.717) is 0 Å². The van der Waals surface area contributed by atoms with E-state index in [-0.39, 0.29) is 4.90 Å². The first-order valence-electron chi connectivity index (χ1n) is 5.53. The van der Waals surface area contributed by atoms with Gasteiger partial charge in [0.2, 0.25) is 0 Å². The Bertz CT molecular complexity index is 671. The average Bonchev–Trinajstić information content (AvgIpc) is 2.32. The van der Waals surface area contributed by atoms with Crippen molar-refractivity contribution in [1.82, 2.24) is 0 Å². The van der Waals surface area contributed by atoms with Crippen LogP contribution in [0.4, 0.5) is 0 Å². The molecular formula is C14H14O3S. The Kier molecular flexibility index (Phi) is 3.24. The van der Waals surface area contributed by atoms with E-state index in [9.17, 15) is 8.42 Å². The fraction of sp³-hybridized carbons (Fsp3) is 0.143. The van der Waals surface area contributed by atoms with Crippen molar-refractivity contribution < 1.29 is 13.0 Å². The van der Waals surface area contributed by atoms with Gasteiger partial charge in [-0.1, -0.05) is 30.3 Å². The Balaban J connectivity index is 2.43. The summed E-state index contributed by atoms with van der Waals surface area (Å²) in [7, 11) is -4.12. The highest BCUT2D eigenvalue weighted by atomic mass is 32.2.